The quantitative estimate of drug-likeness (QED) is 0.434. The smallest absolute Gasteiger partial charge is 0.335 e. The Kier molecular flexibility index (Phi) is 6.01. The van der Waals surface area contributed by atoms with Gasteiger partial charge < -0.3 is 5.11 Å². The molecule has 2 rings (SSSR count). The lowest BCUT2D eigenvalue weighted by molar-refractivity contribution is -0.384. The number of hydrogen-bond donors (Lipinski definition) is 1. The summed E-state index contributed by atoms with van der Waals surface area (Å²) in [5, 5.41) is 20.1. The van der Waals surface area contributed by atoms with Crippen LogP contribution in [-0.4, -0.2) is 42.8 Å². The van der Waals surface area contributed by atoms with Crippen LogP contribution in [-0.2, 0) is 15.8 Å². The van der Waals surface area contributed by atoms with Crippen LogP contribution in [0.2, 0.25) is 0 Å². The SMILES string of the molecule is CN(C)S(=O)(=O)c1cc(SCc2cccc([N+](=O)[O-])c2)cc(C(=O)O)c1. The van der Waals surface area contributed by atoms with Crippen LogP contribution in [0.15, 0.2) is 52.3 Å². The Morgan fingerprint density at radius 1 is 1.23 bits per heavy atom. The molecule has 0 bridgehead atoms. The Morgan fingerprint density at radius 2 is 1.92 bits per heavy atom. The van der Waals surface area contributed by atoms with Gasteiger partial charge in [-0.15, -0.1) is 11.8 Å². The van der Waals surface area contributed by atoms with Crippen molar-refractivity contribution < 1.29 is 23.2 Å². The molecule has 0 spiro atoms. The van der Waals surface area contributed by atoms with Crippen molar-refractivity contribution in [2.24, 2.45) is 0 Å². The van der Waals surface area contributed by atoms with Crippen LogP contribution >= 0.6 is 11.8 Å². The van der Waals surface area contributed by atoms with Crippen LogP contribution in [0, 0.1) is 10.1 Å². The van der Waals surface area contributed by atoms with E-state index in [0.29, 0.717) is 16.2 Å². The van der Waals surface area contributed by atoms with Crippen molar-refractivity contribution in [3.05, 3.63) is 63.7 Å². The predicted octanol–water partition coefficient (Wildman–Crippen LogP) is 2.84. The molecule has 0 aliphatic carbocycles. The standard InChI is InChI=1S/C16H16N2O6S2/c1-17(2)26(23,24)15-8-12(16(19)20)7-14(9-15)25-10-11-4-3-5-13(6-11)18(21)22/h3-9H,10H2,1-2H3,(H,19,20). The Bertz CT molecular complexity index is 957. The summed E-state index contributed by atoms with van der Waals surface area (Å²) in [4.78, 5) is 22.0. The molecular formula is C16H16N2O6S2. The molecule has 0 heterocycles. The number of benzene rings is 2. The second-order valence-corrected chi connectivity index (χ2v) is 8.70. The largest absolute Gasteiger partial charge is 0.478 e. The average Bonchev–Trinajstić information content (AvgIpc) is 2.59. The van der Waals surface area contributed by atoms with Gasteiger partial charge in [-0.1, -0.05) is 12.1 Å². The molecule has 0 unspecified atom stereocenters. The maximum Gasteiger partial charge on any atom is 0.335 e. The normalized spacial score (nSPS) is 11.5. The Morgan fingerprint density at radius 3 is 2.50 bits per heavy atom. The first-order valence-electron chi connectivity index (χ1n) is 7.28. The van der Waals surface area contributed by atoms with Gasteiger partial charge in [0.05, 0.1) is 15.4 Å². The number of carboxylic acids is 1. The van der Waals surface area contributed by atoms with Crippen LogP contribution in [0.3, 0.4) is 0 Å². The van der Waals surface area contributed by atoms with E-state index in [0.717, 1.165) is 10.4 Å². The van der Waals surface area contributed by atoms with E-state index in [9.17, 15) is 28.4 Å². The Balaban J connectivity index is 2.34. The predicted molar refractivity (Wildman–Crippen MR) is 96.9 cm³/mol. The lowest BCUT2D eigenvalue weighted by Gasteiger charge is -2.13. The fourth-order valence-corrected chi connectivity index (χ4v) is 4.05. The zero-order chi connectivity index (χ0) is 19.5. The zero-order valence-electron chi connectivity index (χ0n) is 13.9. The van der Waals surface area contributed by atoms with E-state index in [-0.39, 0.29) is 16.1 Å². The lowest BCUT2D eigenvalue weighted by Crippen LogP contribution is -2.22. The highest BCUT2D eigenvalue weighted by atomic mass is 32.2. The van der Waals surface area contributed by atoms with Gasteiger partial charge in [-0.2, -0.15) is 0 Å². The first kappa shape index (κ1) is 19.9. The lowest BCUT2D eigenvalue weighted by atomic mass is 10.2. The van der Waals surface area contributed by atoms with Gasteiger partial charge in [-0.3, -0.25) is 10.1 Å². The van der Waals surface area contributed by atoms with Gasteiger partial charge in [0, 0.05) is 36.9 Å². The summed E-state index contributed by atoms with van der Waals surface area (Å²) >= 11 is 1.20. The van der Waals surface area contributed by atoms with Gasteiger partial charge in [0.15, 0.2) is 0 Å². The molecule has 0 aliphatic heterocycles. The van der Waals surface area contributed by atoms with Gasteiger partial charge in [0.25, 0.3) is 5.69 Å². The van der Waals surface area contributed by atoms with Crippen molar-refractivity contribution in [3.8, 4) is 0 Å². The fourth-order valence-electron chi connectivity index (χ4n) is 2.06. The number of carbonyl (C=O) groups is 1. The molecule has 2 aromatic rings. The number of aromatic carboxylic acids is 1. The molecule has 8 nitrogen and oxygen atoms in total. The van der Waals surface area contributed by atoms with E-state index in [1.807, 2.05) is 0 Å². The first-order chi connectivity index (χ1) is 12.1. The van der Waals surface area contributed by atoms with Gasteiger partial charge in [0.1, 0.15) is 0 Å². The van der Waals surface area contributed by atoms with Crippen molar-refractivity contribution >= 4 is 33.4 Å². The van der Waals surface area contributed by atoms with Crippen molar-refractivity contribution in [1.29, 1.82) is 0 Å². The molecule has 0 aliphatic rings. The molecule has 10 heteroatoms. The van der Waals surface area contributed by atoms with Crippen LogP contribution in [0.5, 0.6) is 0 Å². The summed E-state index contributed by atoms with van der Waals surface area (Å²) in [6, 6.07) is 9.94. The second-order valence-electron chi connectivity index (χ2n) is 5.50. The highest BCUT2D eigenvalue weighted by molar-refractivity contribution is 7.98. The first-order valence-corrected chi connectivity index (χ1v) is 9.71. The summed E-state index contributed by atoms with van der Waals surface area (Å²) in [6.45, 7) is 0. The van der Waals surface area contributed by atoms with Crippen LogP contribution in [0.1, 0.15) is 15.9 Å². The third-order valence-electron chi connectivity index (χ3n) is 3.43. The maximum atomic E-state index is 12.3. The van der Waals surface area contributed by atoms with E-state index >= 15 is 0 Å². The van der Waals surface area contributed by atoms with E-state index in [1.165, 1.54) is 50.1 Å². The van der Waals surface area contributed by atoms with Crippen molar-refractivity contribution in [2.75, 3.05) is 14.1 Å². The summed E-state index contributed by atoms with van der Waals surface area (Å²) in [5.74, 6) is -0.912. The summed E-state index contributed by atoms with van der Waals surface area (Å²) in [7, 11) is -1.07. The van der Waals surface area contributed by atoms with Crippen LogP contribution in [0.25, 0.3) is 0 Å². The minimum atomic E-state index is -3.79. The Labute approximate surface area is 154 Å². The maximum absolute atomic E-state index is 12.3. The molecule has 0 saturated heterocycles. The van der Waals surface area contributed by atoms with Crippen LogP contribution < -0.4 is 0 Å². The molecule has 26 heavy (non-hydrogen) atoms. The number of carboxylic acid groups (broad SMARTS) is 1. The summed E-state index contributed by atoms with van der Waals surface area (Å²) in [5.41, 5.74) is 0.481. The molecule has 0 amide bonds. The molecule has 1 N–H and O–H groups in total. The van der Waals surface area contributed by atoms with Crippen molar-refractivity contribution in [1.82, 2.24) is 4.31 Å². The number of nitro groups is 1. The van der Waals surface area contributed by atoms with Crippen molar-refractivity contribution in [3.63, 3.8) is 0 Å². The number of nitrogens with zero attached hydrogens (tertiary/aromatic N) is 2. The second kappa shape index (κ2) is 7.85. The van der Waals surface area contributed by atoms with Crippen molar-refractivity contribution in [2.45, 2.75) is 15.5 Å². The third-order valence-corrected chi connectivity index (χ3v) is 6.27. The molecular weight excluding hydrogens is 380 g/mol. The zero-order valence-corrected chi connectivity index (χ0v) is 15.6. The van der Waals surface area contributed by atoms with Crippen LogP contribution in [0.4, 0.5) is 5.69 Å². The third kappa shape index (κ3) is 4.59. The van der Waals surface area contributed by atoms with Gasteiger partial charge in [0.2, 0.25) is 10.0 Å². The molecule has 2 aromatic carbocycles. The van der Waals surface area contributed by atoms with Gasteiger partial charge in [-0.05, 0) is 23.8 Å². The number of rotatable bonds is 7. The minimum Gasteiger partial charge on any atom is -0.478 e. The number of hydrogen-bond acceptors (Lipinski definition) is 6. The number of non-ortho nitro benzene ring substituents is 1. The molecule has 0 saturated carbocycles. The summed E-state index contributed by atoms with van der Waals surface area (Å²) < 4.78 is 25.6. The number of nitro benzene ring substituents is 1. The minimum absolute atomic E-state index is 0.0433. The average molecular weight is 396 g/mol. The number of sulfonamides is 1. The van der Waals surface area contributed by atoms with Gasteiger partial charge in [-0.25, -0.2) is 17.5 Å². The topological polar surface area (TPSA) is 118 Å². The van der Waals surface area contributed by atoms with E-state index in [4.69, 9.17) is 0 Å². The Hall–Kier alpha value is -2.43. The summed E-state index contributed by atoms with van der Waals surface area (Å²) in [6.07, 6.45) is 0. The van der Waals surface area contributed by atoms with E-state index in [1.54, 1.807) is 12.1 Å². The highest BCUT2D eigenvalue weighted by Gasteiger charge is 2.20. The monoisotopic (exact) mass is 396 g/mol. The number of thioether (sulfide) groups is 1. The molecule has 0 radical (unpaired) electrons. The van der Waals surface area contributed by atoms with Gasteiger partial charge >= 0.3 is 5.97 Å². The molecule has 138 valence electrons. The van der Waals surface area contributed by atoms with E-state index < -0.39 is 20.9 Å². The fraction of sp³-hybridized carbons (Fsp3) is 0.188. The highest BCUT2D eigenvalue weighted by Crippen LogP contribution is 2.28. The molecule has 0 aromatic heterocycles. The van der Waals surface area contributed by atoms with E-state index in [2.05, 4.69) is 0 Å². The molecule has 0 fully saturated rings. The molecule has 0 atom stereocenters.